The number of hydrogen-bond acceptors (Lipinski definition) is 5. The number of carbonyl (C=O) groups excluding carboxylic acids is 2. The molecule has 0 saturated carbocycles. The van der Waals surface area contributed by atoms with Gasteiger partial charge in [-0.2, -0.15) is 5.26 Å². The van der Waals surface area contributed by atoms with Crippen molar-refractivity contribution in [1.82, 2.24) is 4.90 Å². The maximum absolute atomic E-state index is 12.6. The van der Waals surface area contributed by atoms with Gasteiger partial charge in [-0.3, -0.25) is 14.5 Å². The second-order valence-corrected chi connectivity index (χ2v) is 8.07. The summed E-state index contributed by atoms with van der Waals surface area (Å²) in [5, 5.41) is 18.5. The summed E-state index contributed by atoms with van der Waals surface area (Å²) in [6.45, 7) is 0.0503. The van der Waals surface area contributed by atoms with Gasteiger partial charge < -0.3 is 5.11 Å². The van der Waals surface area contributed by atoms with Crippen molar-refractivity contribution in [3.05, 3.63) is 66.9 Å². The van der Waals surface area contributed by atoms with E-state index in [-0.39, 0.29) is 22.4 Å². The Morgan fingerprint density at radius 2 is 1.85 bits per heavy atom. The number of phenols is 1. The van der Waals surface area contributed by atoms with Gasteiger partial charge >= 0.3 is 0 Å². The van der Waals surface area contributed by atoms with Crippen molar-refractivity contribution in [2.75, 3.05) is 0 Å². The summed E-state index contributed by atoms with van der Waals surface area (Å²) in [6, 6.07) is 12.2. The van der Waals surface area contributed by atoms with E-state index in [1.807, 2.05) is 0 Å². The smallest absolute Gasteiger partial charge is 0.293 e. The number of rotatable bonds is 3. The average molecular weight is 494 g/mol. The Morgan fingerprint density at radius 1 is 1.19 bits per heavy atom. The molecule has 3 rings (SSSR count). The van der Waals surface area contributed by atoms with Gasteiger partial charge in [-0.15, -0.1) is 0 Å². The maximum Gasteiger partial charge on any atom is 0.293 e. The van der Waals surface area contributed by atoms with Crippen molar-refractivity contribution in [3.8, 4) is 11.8 Å². The highest BCUT2D eigenvalue weighted by Gasteiger charge is 2.35. The van der Waals surface area contributed by atoms with Crippen molar-refractivity contribution < 1.29 is 14.7 Å². The Hall–Kier alpha value is -2.08. The fourth-order valence-corrected chi connectivity index (χ4v) is 4.45. The predicted octanol–water partition coefficient (Wildman–Crippen LogP) is 5.03. The van der Waals surface area contributed by atoms with Gasteiger partial charge in [0.2, 0.25) is 0 Å². The highest BCUT2D eigenvalue weighted by Crippen LogP contribution is 2.37. The molecule has 0 atom stereocenters. The first-order valence-corrected chi connectivity index (χ1v) is 9.72. The normalized spacial score (nSPS) is 15.6. The Balaban J connectivity index is 1.89. The minimum Gasteiger partial charge on any atom is -0.506 e. The highest BCUT2D eigenvalue weighted by molar-refractivity contribution is 9.11. The number of carbonyl (C=O) groups is 2. The molecule has 1 heterocycles. The molecule has 0 aliphatic carbocycles. The molecule has 0 radical (unpaired) electrons. The summed E-state index contributed by atoms with van der Waals surface area (Å²) >= 11 is 7.32. The molecule has 2 aromatic rings. The molecular formula is C18H10Br2N2O3S. The lowest BCUT2D eigenvalue weighted by atomic mass is 10.1. The Labute approximate surface area is 170 Å². The largest absolute Gasteiger partial charge is 0.506 e. The standard InChI is InChI=1S/C18H10Br2N2O3S/c19-13-5-10(6-14(20)16(13)23)7-15-17(24)22(18(25)26-15)9-12-4-2-1-3-11(12)8-21/h1-7,23H,9H2/b15-7+. The fraction of sp³-hybridized carbons (Fsp3) is 0.0556. The number of nitriles is 1. The Morgan fingerprint density at radius 3 is 2.50 bits per heavy atom. The van der Waals surface area contributed by atoms with Crippen LogP contribution in [0.1, 0.15) is 16.7 Å². The third-order valence-electron chi connectivity index (χ3n) is 3.68. The molecule has 1 fully saturated rings. The van der Waals surface area contributed by atoms with Crippen LogP contribution >= 0.6 is 43.6 Å². The number of hydrogen-bond donors (Lipinski definition) is 1. The SMILES string of the molecule is N#Cc1ccccc1CN1C(=O)S/C(=C/c2cc(Br)c(O)c(Br)c2)C1=O. The number of thioether (sulfide) groups is 1. The van der Waals surface area contributed by atoms with Crippen LogP contribution in [0.5, 0.6) is 5.75 Å². The van der Waals surface area contributed by atoms with Crippen LogP contribution in [-0.4, -0.2) is 21.2 Å². The molecule has 0 spiro atoms. The summed E-state index contributed by atoms with van der Waals surface area (Å²) in [4.78, 5) is 26.3. The van der Waals surface area contributed by atoms with Gasteiger partial charge in [0, 0.05) is 0 Å². The first-order valence-electron chi connectivity index (χ1n) is 7.32. The second kappa shape index (κ2) is 7.66. The van der Waals surface area contributed by atoms with E-state index in [1.165, 1.54) is 0 Å². The number of amides is 2. The number of halogens is 2. The van der Waals surface area contributed by atoms with Crippen LogP contribution in [0.4, 0.5) is 4.79 Å². The summed E-state index contributed by atoms with van der Waals surface area (Å²) in [5.74, 6) is -0.351. The molecule has 26 heavy (non-hydrogen) atoms. The molecule has 0 aromatic heterocycles. The lowest BCUT2D eigenvalue weighted by molar-refractivity contribution is -0.123. The van der Waals surface area contributed by atoms with Gasteiger partial charge in [0.15, 0.2) is 0 Å². The summed E-state index contributed by atoms with van der Waals surface area (Å²) < 4.78 is 0.945. The van der Waals surface area contributed by atoms with Crippen molar-refractivity contribution in [3.63, 3.8) is 0 Å². The minimum atomic E-state index is -0.409. The van der Waals surface area contributed by atoms with Crippen molar-refractivity contribution in [1.29, 1.82) is 5.26 Å². The average Bonchev–Trinajstić information content (AvgIpc) is 2.87. The van der Waals surface area contributed by atoms with Gasteiger partial charge in [-0.1, -0.05) is 18.2 Å². The van der Waals surface area contributed by atoms with E-state index in [0.717, 1.165) is 16.7 Å². The molecule has 1 saturated heterocycles. The first kappa shape index (κ1) is 18.7. The van der Waals surface area contributed by atoms with Crippen molar-refractivity contribution in [2.24, 2.45) is 0 Å². The molecule has 1 aliphatic rings. The molecule has 0 bridgehead atoms. The van der Waals surface area contributed by atoms with Crippen molar-refractivity contribution >= 4 is 60.8 Å². The van der Waals surface area contributed by atoms with E-state index in [4.69, 9.17) is 5.26 Å². The summed E-state index contributed by atoms with van der Waals surface area (Å²) in [7, 11) is 0. The number of imide groups is 1. The number of nitrogens with zero attached hydrogens (tertiary/aromatic N) is 2. The zero-order chi connectivity index (χ0) is 18.8. The topological polar surface area (TPSA) is 81.4 Å². The van der Waals surface area contributed by atoms with Crippen LogP contribution in [0.15, 0.2) is 50.2 Å². The van der Waals surface area contributed by atoms with Crippen LogP contribution in [0.2, 0.25) is 0 Å². The fourth-order valence-electron chi connectivity index (χ4n) is 2.39. The number of benzene rings is 2. The van der Waals surface area contributed by atoms with Crippen LogP contribution in [0.25, 0.3) is 6.08 Å². The Bertz CT molecular complexity index is 975. The monoisotopic (exact) mass is 492 g/mol. The molecule has 8 heteroatoms. The van der Waals surface area contributed by atoms with Crippen LogP contribution in [-0.2, 0) is 11.3 Å². The number of aromatic hydroxyl groups is 1. The van der Waals surface area contributed by atoms with Gasteiger partial charge in [0.25, 0.3) is 11.1 Å². The van der Waals surface area contributed by atoms with E-state index < -0.39 is 5.91 Å². The zero-order valence-corrected chi connectivity index (χ0v) is 17.1. The third-order valence-corrected chi connectivity index (χ3v) is 5.79. The highest BCUT2D eigenvalue weighted by atomic mass is 79.9. The molecule has 2 aromatic carbocycles. The van der Waals surface area contributed by atoms with E-state index in [0.29, 0.717) is 25.6 Å². The lowest BCUT2D eigenvalue weighted by Gasteiger charge is -2.13. The van der Waals surface area contributed by atoms with Crippen molar-refractivity contribution in [2.45, 2.75) is 6.54 Å². The van der Waals surface area contributed by atoms with Crippen LogP contribution < -0.4 is 0 Å². The van der Waals surface area contributed by atoms with Crippen LogP contribution in [0.3, 0.4) is 0 Å². The van der Waals surface area contributed by atoms with Gasteiger partial charge in [0.1, 0.15) is 5.75 Å². The molecule has 1 aliphatic heterocycles. The van der Waals surface area contributed by atoms with E-state index in [1.54, 1.807) is 42.5 Å². The lowest BCUT2D eigenvalue weighted by Crippen LogP contribution is -2.27. The van der Waals surface area contributed by atoms with Crippen LogP contribution in [0, 0.1) is 11.3 Å². The second-order valence-electron chi connectivity index (χ2n) is 5.37. The van der Waals surface area contributed by atoms with E-state index in [9.17, 15) is 14.7 Å². The predicted molar refractivity (Wildman–Crippen MR) is 106 cm³/mol. The van der Waals surface area contributed by atoms with Gasteiger partial charge in [0.05, 0.1) is 32.0 Å². The summed E-state index contributed by atoms with van der Waals surface area (Å²) in [6.07, 6.45) is 1.59. The molecule has 1 N–H and O–H groups in total. The number of phenolic OH excluding ortho intramolecular Hbond substituents is 1. The Kier molecular flexibility index (Phi) is 5.51. The minimum absolute atomic E-state index is 0.0503. The van der Waals surface area contributed by atoms with E-state index in [2.05, 4.69) is 37.9 Å². The molecule has 0 unspecified atom stereocenters. The molecular weight excluding hydrogens is 484 g/mol. The molecule has 130 valence electrons. The van der Waals surface area contributed by atoms with E-state index >= 15 is 0 Å². The van der Waals surface area contributed by atoms with Gasteiger partial charge in [-0.25, -0.2) is 0 Å². The zero-order valence-electron chi connectivity index (χ0n) is 13.1. The van der Waals surface area contributed by atoms with Gasteiger partial charge in [-0.05, 0) is 79.0 Å². The molecule has 2 amide bonds. The summed E-state index contributed by atoms with van der Waals surface area (Å²) in [5.41, 5.74) is 1.71. The first-order chi connectivity index (χ1) is 12.4. The quantitative estimate of drug-likeness (QED) is 0.606. The molecule has 5 nitrogen and oxygen atoms in total. The third kappa shape index (κ3) is 3.70. The maximum atomic E-state index is 12.6.